The first-order valence-electron chi connectivity index (χ1n) is 8.14. The molecule has 128 valence electrons. The predicted octanol–water partition coefficient (Wildman–Crippen LogP) is 4.97. The molecule has 3 nitrogen and oxygen atoms in total. The molecule has 0 saturated heterocycles. The predicted molar refractivity (Wildman–Crippen MR) is 96.7 cm³/mol. The molecule has 0 spiro atoms. The van der Waals surface area contributed by atoms with Gasteiger partial charge in [0.15, 0.2) is 0 Å². The SMILES string of the molecule is COc1ccccc1C(=O)OCc1c(C)cc(C(C)(C)C)cc1C. The quantitative estimate of drug-likeness (QED) is 0.744. The molecule has 0 aromatic heterocycles. The molecule has 0 amide bonds. The average Bonchev–Trinajstić information content (AvgIpc) is 2.52. The number of esters is 1. The van der Waals surface area contributed by atoms with Crippen LogP contribution in [0.5, 0.6) is 5.75 Å². The molecular weight excluding hydrogens is 300 g/mol. The molecule has 0 aliphatic rings. The minimum absolute atomic E-state index is 0.0993. The number of hydrogen-bond donors (Lipinski definition) is 0. The Bertz CT molecular complexity index is 716. The van der Waals surface area contributed by atoms with Crippen LogP contribution in [0.2, 0.25) is 0 Å². The molecule has 2 aromatic carbocycles. The number of hydrogen-bond acceptors (Lipinski definition) is 3. The first kappa shape index (κ1) is 18.1. The van der Waals surface area contributed by atoms with Gasteiger partial charge in [-0.3, -0.25) is 0 Å². The standard InChI is InChI=1S/C21H26O3/c1-14-11-16(21(3,4)5)12-15(2)18(14)13-24-20(22)17-9-7-8-10-19(17)23-6/h7-12H,13H2,1-6H3. The maximum atomic E-state index is 12.3. The summed E-state index contributed by atoms with van der Waals surface area (Å²) < 4.78 is 10.7. The molecule has 0 bridgehead atoms. The van der Waals surface area contributed by atoms with Crippen molar-refractivity contribution >= 4 is 5.97 Å². The van der Waals surface area contributed by atoms with Crippen molar-refractivity contribution in [2.75, 3.05) is 7.11 Å². The van der Waals surface area contributed by atoms with E-state index in [-0.39, 0.29) is 18.0 Å². The zero-order valence-corrected chi connectivity index (χ0v) is 15.4. The van der Waals surface area contributed by atoms with E-state index in [1.54, 1.807) is 25.3 Å². The summed E-state index contributed by atoms with van der Waals surface area (Å²) in [5, 5.41) is 0. The lowest BCUT2D eigenvalue weighted by Crippen LogP contribution is -2.13. The third-order valence-corrected chi connectivity index (χ3v) is 4.24. The molecular formula is C21H26O3. The van der Waals surface area contributed by atoms with Crippen molar-refractivity contribution in [1.82, 2.24) is 0 Å². The van der Waals surface area contributed by atoms with E-state index in [2.05, 4.69) is 46.8 Å². The minimum atomic E-state index is -0.369. The Labute approximate surface area is 144 Å². The van der Waals surface area contributed by atoms with Gasteiger partial charge in [0.2, 0.25) is 0 Å². The Hall–Kier alpha value is -2.29. The Morgan fingerprint density at radius 2 is 1.62 bits per heavy atom. The van der Waals surface area contributed by atoms with Gasteiger partial charge < -0.3 is 9.47 Å². The van der Waals surface area contributed by atoms with E-state index in [4.69, 9.17) is 9.47 Å². The van der Waals surface area contributed by atoms with Crippen molar-refractivity contribution in [3.05, 3.63) is 64.2 Å². The number of ether oxygens (including phenoxy) is 2. The van der Waals surface area contributed by atoms with Crippen LogP contribution in [0.1, 0.15) is 53.4 Å². The van der Waals surface area contributed by atoms with Gasteiger partial charge in [-0.05, 0) is 53.6 Å². The Balaban J connectivity index is 2.19. The zero-order chi connectivity index (χ0) is 17.9. The molecule has 0 saturated carbocycles. The summed E-state index contributed by atoms with van der Waals surface area (Å²) in [5.41, 5.74) is 5.19. The lowest BCUT2D eigenvalue weighted by molar-refractivity contribution is 0.0468. The van der Waals surface area contributed by atoms with Crippen molar-refractivity contribution in [2.45, 2.75) is 46.6 Å². The number of para-hydroxylation sites is 1. The van der Waals surface area contributed by atoms with Crippen LogP contribution in [-0.4, -0.2) is 13.1 Å². The van der Waals surface area contributed by atoms with Crippen LogP contribution < -0.4 is 4.74 Å². The maximum absolute atomic E-state index is 12.3. The number of methoxy groups -OCH3 is 1. The van der Waals surface area contributed by atoms with E-state index in [1.807, 2.05) is 6.07 Å². The van der Waals surface area contributed by atoms with Crippen molar-refractivity contribution in [3.63, 3.8) is 0 Å². The summed E-state index contributed by atoms with van der Waals surface area (Å²) in [4.78, 5) is 12.3. The minimum Gasteiger partial charge on any atom is -0.496 e. The largest absolute Gasteiger partial charge is 0.496 e. The van der Waals surface area contributed by atoms with E-state index < -0.39 is 0 Å². The van der Waals surface area contributed by atoms with Crippen LogP contribution in [0, 0.1) is 13.8 Å². The van der Waals surface area contributed by atoms with E-state index in [1.165, 1.54) is 5.56 Å². The molecule has 0 radical (unpaired) electrons. The normalized spacial score (nSPS) is 11.2. The Kier molecular flexibility index (Phi) is 5.33. The van der Waals surface area contributed by atoms with Crippen LogP contribution >= 0.6 is 0 Å². The summed E-state index contributed by atoms with van der Waals surface area (Å²) in [6.45, 7) is 11.0. The van der Waals surface area contributed by atoms with Crippen molar-refractivity contribution in [2.24, 2.45) is 0 Å². The van der Waals surface area contributed by atoms with E-state index >= 15 is 0 Å². The van der Waals surface area contributed by atoms with Crippen molar-refractivity contribution in [1.29, 1.82) is 0 Å². The zero-order valence-electron chi connectivity index (χ0n) is 15.4. The highest BCUT2D eigenvalue weighted by Gasteiger charge is 2.18. The highest BCUT2D eigenvalue weighted by atomic mass is 16.5. The van der Waals surface area contributed by atoms with Gasteiger partial charge in [0, 0.05) is 0 Å². The lowest BCUT2D eigenvalue weighted by Gasteiger charge is -2.22. The fourth-order valence-corrected chi connectivity index (χ4v) is 2.68. The topological polar surface area (TPSA) is 35.5 Å². The van der Waals surface area contributed by atoms with Crippen LogP contribution in [0.25, 0.3) is 0 Å². The number of carbonyl (C=O) groups is 1. The van der Waals surface area contributed by atoms with Gasteiger partial charge in [-0.15, -0.1) is 0 Å². The van der Waals surface area contributed by atoms with Gasteiger partial charge in [0.1, 0.15) is 17.9 Å². The molecule has 3 heteroatoms. The number of aryl methyl sites for hydroxylation is 2. The van der Waals surface area contributed by atoms with Crippen LogP contribution in [0.15, 0.2) is 36.4 Å². The highest BCUT2D eigenvalue weighted by molar-refractivity contribution is 5.92. The third kappa shape index (κ3) is 3.97. The van der Waals surface area contributed by atoms with Crippen LogP contribution in [-0.2, 0) is 16.8 Å². The summed E-state index contributed by atoms with van der Waals surface area (Å²) in [5.74, 6) is 0.158. The molecule has 0 aliphatic heterocycles. The van der Waals surface area contributed by atoms with E-state index in [9.17, 15) is 4.79 Å². The van der Waals surface area contributed by atoms with Gasteiger partial charge in [0.25, 0.3) is 0 Å². The third-order valence-electron chi connectivity index (χ3n) is 4.24. The van der Waals surface area contributed by atoms with E-state index in [0.717, 1.165) is 16.7 Å². The lowest BCUT2D eigenvalue weighted by atomic mass is 9.84. The Morgan fingerprint density at radius 3 is 2.17 bits per heavy atom. The maximum Gasteiger partial charge on any atom is 0.342 e. The van der Waals surface area contributed by atoms with Crippen molar-refractivity contribution in [3.8, 4) is 5.75 Å². The van der Waals surface area contributed by atoms with Gasteiger partial charge in [-0.25, -0.2) is 4.79 Å². The summed E-state index contributed by atoms with van der Waals surface area (Å²) in [6, 6.07) is 11.5. The average molecular weight is 326 g/mol. The summed E-state index contributed by atoms with van der Waals surface area (Å²) in [6.07, 6.45) is 0. The van der Waals surface area contributed by atoms with Crippen LogP contribution in [0.3, 0.4) is 0 Å². The number of carbonyl (C=O) groups excluding carboxylic acids is 1. The number of benzene rings is 2. The summed E-state index contributed by atoms with van der Waals surface area (Å²) in [7, 11) is 1.55. The number of rotatable bonds is 4. The second-order valence-corrected chi connectivity index (χ2v) is 7.12. The molecule has 24 heavy (non-hydrogen) atoms. The fraction of sp³-hybridized carbons (Fsp3) is 0.381. The van der Waals surface area contributed by atoms with Gasteiger partial charge in [-0.1, -0.05) is 45.0 Å². The second-order valence-electron chi connectivity index (χ2n) is 7.12. The molecule has 0 fully saturated rings. The monoisotopic (exact) mass is 326 g/mol. The van der Waals surface area contributed by atoms with Gasteiger partial charge in [-0.2, -0.15) is 0 Å². The molecule has 0 aliphatic carbocycles. The molecule has 0 N–H and O–H groups in total. The molecule has 0 heterocycles. The first-order valence-corrected chi connectivity index (χ1v) is 8.14. The smallest absolute Gasteiger partial charge is 0.342 e. The fourth-order valence-electron chi connectivity index (χ4n) is 2.68. The van der Waals surface area contributed by atoms with Crippen molar-refractivity contribution < 1.29 is 14.3 Å². The molecule has 2 aromatic rings. The molecule has 0 unspecified atom stereocenters. The molecule has 2 rings (SSSR count). The summed E-state index contributed by atoms with van der Waals surface area (Å²) >= 11 is 0. The van der Waals surface area contributed by atoms with Gasteiger partial charge >= 0.3 is 5.97 Å². The molecule has 0 atom stereocenters. The first-order chi connectivity index (χ1) is 11.2. The van der Waals surface area contributed by atoms with E-state index in [0.29, 0.717) is 11.3 Å². The van der Waals surface area contributed by atoms with Gasteiger partial charge in [0.05, 0.1) is 7.11 Å². The van der Waals surface area contributed by atoms with Crippen LogP contribution in [0.4, 0.5) is 0 Å². The highest BCUT2D eigenvalue weighted by Crippen LogP contribution is 2.27. The second kappa shape index (κ2) is 7.08. The Morgan fingerprint density at radius 1 is 1.04 bits per heavy atom.